The van der Waals surface area contributed by atoms with Crippen molar-refractivity contribution in [2.24, 2.45) is 5.41 Å². The first-order valence-electron chi connectivity index (χ1n) is 9.39. The van der Waals surface area contributed by atoms with E-state index in [0.717, 1.165) is 0 Å². The molecule has 152 valence electrons. The van der Waals surface area contributed by atoms with Gasteiger partial charge in [0.1, 0.15) is 5.69 Å². The number of sulfonamides is 1. The first kappa shape index (κ1) is 19.1. The third-order valence-electron chi connectivity index (χ3n) is 5.75. The highest BCUT2D eigenvalue weighted by molar-refractivity contribution is 7.89. The van der Waals surface area contributed by atoms with Gasteiger partial charge >= 0.3 is 0 Å². The molecule has 10 nitrogen and oxygen atoms in total. The van der Waals surface area contributed by atoms with Crippen molar-refractivity contribution in [3.8, 4) is 0 Å². The van der Waals surface area contributed by atoms with E-state index < -0.39 is 15.4 Å². The SMILES string of the molecule is CCn1nccc1C(=O)N1CC2(C1)CN(S(=O)(=O)CC)CC2c1nc(C)no1. The quantitative estimate of drug-likeness (QED) is 0.707. The molecule has 2 aliphatic heterocycles. The van der Waals surface area contributed by atoms with Crippen LogP contribution in [-0.2, 0) is 16.6 Å². The fourth-order valence-corrected chi connectivity index (χ4v) is 5.41. The minimum absolute atomic E-state index is 0.0387. The number of hydrogen-bond acceptors (Lipinski definition) is 7. The Hall–Kier alpha value is -2.27. The molecule has 2 aromatic rings. The smallest absolute Gasteiger partial charge is 0.272 e. The number of hydrogen-bond donors (Lipinski definition) is 0. The second-order valence-corrected chi connectivity index (χ2v) is 9.74. The Labute approximate surface area is 163 Å². The number of amides is 1. The Morgan fingerprint density at radius 3 is 2.68 bits per heavy atom. The fraction of sp³-hybridized carbons (Fsp3) is 0.647. The van der Waals surface area contributed by atoms with Crippen LogP contribution in [-0.4, -0.2) is 75.4 Å². The Morgan fingerprint density at radius 1 is 1.32 bits per heavy atom. The van der Waals surface area contributed by atoms with Gasteiger partial charge in [-0.2, -0.15) is 10.1 Å². The van der Waals surface area contributed by atoms with E-state index in [1.165, 1.54) is 4.31 Å². The summed E-state index contributed by atoms with van der Waals surface area (Å²) in [5.74, 6) is 0.673. The monoisotopic (exact) mass is 408 g/mol. The number of carbonyl (C=O) groups is 1. The third kappa shape index (κ3) is 2.93. The molecule has 0 radical (unpaired) electrons. The summed E-state index contributed by atoms with van der Waals surface area (Å²) in [4.78, 5) is 19.0. The number of nitrogens with zero attached hydrogens (tertiary/aromatic N) is 6. The molecular formula is C17H24N6O4S. The molecule has 2 saturated heterocycles. The zero-order valence-electron chi connectivity index (χ0n) is 16.2. The highest BCUT2D eigenvalue weighted by Gasteiger charge is 2.59. The molecule has 2 fully saturated rings. The highest BCUT2D eigenvalue weighted by atomic mass is 32.2. The molecule has 4 heterocycles. The van der Waals surface area contributed by atoms with Gasteiger partial charge in [0.05, 0.1) is 11.7 Å². The van der Waals surface area contributed by atoms with Crippen molar-refractivity contribution in [3.05, 3.63) is 29.7 Å². The lowest BCUT2D eigenvalue weighted by Crippen LogP contribution is -2.61. The lowest BCUT2D eigenvalue weighted by atomic mass is 9.71. The molecule has 0 aromatic carbocycles. The topological polar surface area (TPSA) is 114 Å². The van der Waals surface area contributed by atoms with Crippen LogP contribution in [0.15, 0.2) is 16.8 Å². The van der Waals surface area contributed by atoms with Gasteiger partial charge in [-0.25, -0.2) is 12.7 Å². The summed E-state index contributed by atoms with van der Waals surface area (Å²) < 4.78 is 33.5. The van der Waals surface area contributed by atoms with E-state index in [1.807, 2.05) is 6.92 Å². The molecule has 1 spiro atoms. The van der Waals surface area contributed by atoms with E-state index in [2.05, 4.69) is 15.2 Å². The van der Waals surface area contributed by atoms with Gasteiger partial charge in [-0.15, -0.1) is 0 Å². The second-order valence-electron chi connectivity index (χ2n) is 7.48. The fourth-order valence-electron chi connectivity index (χ4n) is 4.22. The molecule has 28 heavy (non-hydrogen) atoms. The molecule has 2 aliphatic rings. The van der Waals surface area contributed by atoms with Crippen molar-refractivity contribution in [2.45, 2.75) is 33.2 Å². The second kappa shape index (κ2) is 6.66. The van der Waals surface area contributed by atoms with Gasteiger partial charge in [0, 0.05) is 44.3 Å². The number of likely N-dealkylation sites (tertiary alicyclic amines) is 1. The van der Waals surface area contributed by atoms with Crippen LogP contribution in [0.2, 0.25) is 0 Å². The lowest BCUT2D eigenvalue weighted by Gasteiger charge is -2.50. The first-order valence-corrected chi connectivity index (χ1v) is 11.0. The summed E-state index contributed by atoms with van der Waals surface area (Å²) in [6.45, 7) is 7.45. The van der Waals surface area contributed by atoms with Gasteiger partial charge in [0.15, 0.2) is 5.82 Å². The molecule has 1 unspecified atom stereocenters. The van der Waals surface area contributed by atoms with Crippen molar-refractivity contribution in [1.82, 2.24) is 29.1 Å². The normalized spacial score (nSPS) is 22.0. The molecule has 1 amide bonds. The number of aryl methyl sites for hydroxylation is 2. The average Bonchev–Trinajstić information content (AvgIpc) is 3.36. The number of rotatable bonds is 5. The predicted molar refractivity (Wildman–Crippen MR) is 99.0 cm³/mol. The highest BCUT2D eigenvalue weighted by Crippen LogP contribution is 2.49. The van der Waals surface area contributed by atoms with E-state index in [1.54, 1.807) is 35.7 Å². The minimum atomic E-state index is -3.34. The largest absolute Gasteiger partial charge is 0.339 e. The van der Waals surface area contributed by atoms with Gasteiger partial charge in [-0.05, 0) is 26.8 Å². The molecular weight excluding hydrogens is 384 g/mol. The molecule has 2 aromatic heterocycles. The van der Waals surface area contributed by atoms with Crippen LogP contribution in [0.4, 0.5) is 0 Å². The van der Waals surface area contributed by atoms with Crippen LogP contribution in [0.25, 0.3) is 0 Å². The maximum absolute atomic E-state index is 12.9. The first-order chi connectivity index (χ1) is 13.3. The summed E-state index contributed by atoms with van der Waals surface area (Å²) in [6, 6.07) is 1.71. The van der Waals surface area contributed by atoms with Gasteiger partial charge in [0.25, 0.3) is 5.91 Å². The van der Waals surface area contributed by atoms with E-state index >= 15 is 0 Å². The van der Waals surface area contributed by atoms with Crippen LogP contribution >= 0.6 is 0 Å². The van der Waals surface area contributed by atoms with E-state index in [9.17, 15) is 13.2 Å². The number of aromatic nitrogens is 4. The van der Waals surface area contributed by atoms with Crippen molar-refractivity contribution in [3.63, 3.8) is 0 Å². The predicted octanol–water partition coefficient (Wildman–Crippen LogP) is 0.486. The van der Waals surface area contributed by atoms with E-state index in [4.69, 9.17) is 4.52 Å². The van der Waals surface area contributed by atoms with Crippen molar-refractivity contribution >= 4 is 15.9 Å². The summed E-state index contributed by atoms with van der Waals surface area (Å²) >= 11 is 0. The Balaban J connectivity index is 1.59. The van der Waals surface area contributed by atoms with Gasteiger partial charge in [-0.3, -0.25) is 9.48 Å². The number of carbonyl (C=O) groups excluding carboxylic acids is 1. The zero-order valence-corrected chi connectivity index (χ0v) is 17.0. The van der Waals surface area contributed by atoms with Crippen LogP contribution in [0.1, 0.15) is 42.0 Å². The van der Waals surface area contributed by atoms with E-state index in [-0.39, 0.29) is 17.6 Å². The maximum Gasteiger partial charge on any atom is 0.272 e. The zero-order chi connectivity index (χ0) is 20.1. The van der Waals surface area contributed by atoms with Gasteiger partial charge in [0.2, 0.25) is 15.9 Å². The van der Waals surface area contributed by atoms with Crippen LogP contribution in [0.3, 0.4) is 0 Å². The Morgan fingerprint density at radius 2 is 2.07 bits per heavy atom. The van der Waals surface area contributed by atoms with Crippen molar-refractivity contribution in [1.29, 1.82) is 0 Å². The van der Waals surface area contributed by atoms with Crippen LogP contribution < -0.4 is 0 Å². The van der Waals surface area contributed by atoms with Gasteiger partial charge < -0.3 is 9.42 Å². The molecule has 0 bridgehead atoms. The molecule has 11 heteroatoms. The Bertz CT molecular complexity index is 991. The van der Waals surface area contributed by atoms with Crippen molar-refractivity contribution < 1.29 is 17.7 Å². The standard InChI is InChI=1S/C17H24N6O4S/c1-4-23-14(6-7-18-23)16(24)21-9-17(10-21)11-22(28(25,26)5-2)8-13(17)15-19-12(3)20-27-15/h6-7,13H,4-5,8-11H2,1-3H3. The van der Waals surface area contributed by atoms with Gasteiger partial charge in [-0.1, -0.05) is 5.16 Å². The third-order valence-corrected chi connectivity index (χ3v) is 7.54. The minimum Gasteiger partial charge on any atom is -0.339 e. The van der Waals surface area contributed by atoms with Crippen LogP contribution in [0.5, 0.6) is 0 Å². The summed E-state index contributed by atoms with van der Waals surface area (Å²) in [6.07, 6.45) is 1.61. The van der Waals surface area contributed by atoms with E-state index in [0.29, 0.717) is 50.1 Å². The molecule has 1 atom stereocenters. The molecule has 0 saturated carbocycles. The van der Waals surface area contributed by atoms with Crippen LogP contribution in [0, 0.1) is 12.3 Å². The van der Waals surface area contributed by atoms with Crippen molar-refractivity contribution in [2.75, 3.05) is 31.9 Å². The molecule has 0 N–H and O–H groups in total. The molecule has 0 aliphatic carbocycles. The Kier molecular flexibility index (Phi) is 4.53. The lowest BCUT2D eigenvalue weighted by molar-refractivity contribution is 0.000439. The summed E-state index contributed by atoms with van der Waals surface area (Å²) in [7, 11) is -3.34. The maximum atomic E-state index is 12.9. The summed E-state index contributed by atoms with van der Waals surface area (Å²) in [5, 5.41) is 8.02. The average molecular weight is 408 g/mol. The summed E-state index contributed by atoms with van der Waals surface area (Å²) in [5.41, 5.74) is 0.132. The molecule has 4 rings (SSSR count).